The number of benzene rings is 1. The van der Waals surface area contributed by atoms with Crippen LogP contribution in [0.3, 0.4) is 0 Å². The van der Waals surface area contributed by atoms with Crippen molar-refractivity contribution in [2.75, 3.05) is 0 Å². The van der Waals surface area contributed by atoms with Gasteiger partial charge in [0.15, 0.2) is 5.82 Å². The van der Waals surface area contributed by atoms with Gasteiger partial charge < -0.3 is 0 Å². The molecule has 2 aromatic heterocycles. The molecule has 0 aliphatic heterocycles. The van der Waals surface area contributed by atoms with E-state index in [2.05, 4.69) is 52.0 Å². The van der Waals surface area contributed by atoms with Crippen molar-refractivity contribution < 1.29 is 0 Å². The molecule has 3 aromatic rings. The summed E-state index contributed by atoms with van der Waals surface area (Å²) in [4.78, 5) is 9.60. The molecule has 0 unspecified atom stereocenters. The maximum atomic E-state index is 4.37. The van der Waals surface area contributed by atoms with Gasteiger partial charge in [-0.3, -0.25) is 4.98 Å². The maximum absolute atomic E-state index is 4.37. The summed E-state index contributed by atoms with van der Waals surface area (Å²) in [5, 5.41) is 8.74. The molecule has 0 aliphatic carbocycles. The third-order valence-electron chi connectivity index (χ3n) is 2.20. The van der Waals surface area contributed by atoms with Crippen LogP contribution in [-0.4, -0.2) is 25.0 Å². The van der Waals surface area contributed by atoms with Crippen LogP contribution in [0.25, 0.3) is 16.9 Å². The first-order chi connectivity index (χ1) is 8.25. The van der Waals surface area contributed by atoms with Crippen molar-refractivity contribution in [1.82, 2.24) is 25.0 Å². The van der Waals surface area contributed by atoms with Crippen LogP contribution in [0.4, 0.5) is 0 Å². The first-order valence-corrected chi connectivity index (χ1v) is 6.32. The van der Waals surface area contributed by atoms with Crippen LogP contribution in [0.15, 0.2) is 39.7 Å². The van der Waals surface area contributed by atoms with E-state index in [1.807, 2.05) is 12.1 Å². The second kappa shape index (κ2) is 4.15. The fourth-order valence-electron chi connectivity index (χ4n) is 1.43. The van der Waals surface area contributed by atoms with Crippen molar-refractivity contribution in [3.05, 3.63) is 39.7 Å². The molecule has 0 saturated carbocycles. The summed E-state index contributed by atoms with van der Waals surface area (Å²) in [5.74, 6) is 0.586. The number of aromatic nitrogens is 5. The molecule has 0 N–H and O–H groups in total. The molecule has 0 aliphatic rings. The van der Waals surface area contributed by atoms with Gasteiger partial charge in [0.25, 0.3) is 0 Å². The van der Waals surface area contributed by atoms with Crippen molar-refractivity contribution >= 4 is 42.9 Å². The summed E-state index contributed by atoms with van der Waals surface area (Å²) in [5.41, 5.74) is 1.56. The molecule has 2 heterocycles. The van der Waals surface area contributed by atoms with E-state index in [0.29, 0.717) is 5.82 Å². The standard InChI is InChI=1S/C10H5Br2N5/c11-6-1-2-7(12)10-9(6)15-17(16-10)8-5-13-3-4-14-8/h1-5H. The van der Waals surface area contributed by atoms with Crippen molar-refractivity contribution in [2.24, 2.45) is 0 Å². The average Bonchev–Trinajstić information content (AvgIpc) is 2.81. The molecule has 84 valence electrons. The molecule has 17 heavy (non-hydrogen) atoms. The predicted molar refractivity (Wildman–Crippen MR) is 69.9 cm³/mol. The Hall–Kier alpha value is -1.34. The Morgan fingerprint density at radius 1 is 0.941 bits per heavy atom. The summed E-state index contributed by atoms with van der Waals surface area (Å²) in [7, 11) is 0. The SMILES string of the molecule is Brc1ccc(Br)c2nn(-c3cnccn3)nc12. The summed E-state index contributed by atoms with van der Waals surface area (Å²) in [6, 6.07) is 3.84. The minimum absolute atomic E-state index is 0.586. The number of hydrogen-bond acceptors (Lipinski definition) is 4. The van der Waals surface area contributed by atoms with E-state index in [-0.39, 0.29) is 0 Å². The third kappa shape index (κ3) is 1.85. The Bertz CT molecular complexity index is 641. The molecule has 5 nitrogen and oxygen atoms in total. The van der Waals surface area contributed by atoms with E-state index in [9.17, 15) is 0 Å². The van der Waals surface area contributed by atoms with Gasteiger partial charge >= 0.3 is 0 Å². The second-order valence-electron chi connectivity index (χ2n) is 3.28. The second-order valence-corrected chi connectivity index (χ2v) is 4.99. The summed E-state index contributed by atoms with van der Waals surface area (Å²) in [6.07, 6.45) is 4.83. The highest BCUT2D eigenvalue weighted by Gasteiger charge is 2.11. The molecule has 0 amide bonds. The number of nitrogens with zero attached hydrogens (tertiary/aromatic N) is 5. The Morgan fingerprint density at radius 2 is 1.59 bits per heavy atom. The monoisotopic (exact) mass is 353 g/mol. The molecule has 0 spiro atoms. The van der Waals surface area contributed by atoms with E-state index < -0.39 is 0 Å². The fourth-order valence-corrected chi connectivity index (χ4v) is 2.23. The summed E-state index contributed by atoms with van der Waals surface area (Å²) in [6.45, 7) is 0. The third-order valence-corrected chi connectivity index (χ3v) is 3.48. The molecular weight excluding hydrogens is 350 g/mol. The highest BCUT2D eigenvalue weighted by Crippen LogP contribution is 2.27. The van der Waals surface area contributed by atoms with E-state index >= 15 is 0 Å². The minimum atomic E-state index is 0.586. The highest BCUT2D eigenvalue weighted by molar-refractivity contribution is 9.11. The fraction of sp³-hybridized carbons (Fsp3) is 0. The number of fused-ring (bicyclic) bond motifs is 1. The van der Waals surface area contributed by atoms with Crippen LogP contribution in [-0.2, 0) is 0 Å². The van der Waals surface area contributed by atoms with Crippen molar-refractivity contribution in [3.63, 3.8) is 0 Å². The number of rotatable bonds is 1. The Balaban J connectivity index is 2.27. The maximum Gasteiger partial charge on any atom is 0.192 e. The van der Waals surface area contributed by atoms with Gasteiger partial charge in [-0.05, 0) is 44.0 Å². The topological polar surface area (TPSA) is 56.5 Å². The lowest BCUT2D eigenvalue weighted by Gasteiger charge is -1.94. The van der Waals surface area contributed by atoms with Crippen LogP contribution in [0, 0.1) is 0 Å². The molecule has 0 atom stereocenters. The summed E-state index contributed by atoms with van der Waals surface area (Å²) < 4.78 is 1.79. The van der Waals surface area contributed by atoms with Gasteiger partial charge in [-0.1, -0.05) is 0 Å². The Morgan fingerprint density at radius 3 is 2.12 bits per heavy atom. The van der Waals surface area contributed by atoms with Gasteiger partial charge in [-0.25, -0.2) is 4.98 Å². The van der Waals surface area contributed by atoms with Crippen LogP contribution < -0.4 is 0 Å². The predicted octanol–water partition coefficient (Wildman–Crippen LogP) is 2.74. The molecule has 7 heteroatoms. The average molecular weight is 355 g/mol. The molecule has 0 fully saturated rings. The van der Waals surface area contributed by atoms with Crippen LogP contribution in [0.1, 0.15) is 0 Å². The van der Waals surface area contributed by atoms with Gasteiger partial charge in [0.1, 0.15) is 11.0 Å². The van der Waals surface area contributed by atoms with Gasteiger partial charge in [-0.2, -0.15) is 0 Å². The van der Waals surface area contributed by atoms with E-state index in [4.69, 9.17) is 0 Å². The lowest BCUT2D eigenvalue weighted by molar-refractivity contribution is 0.736. The van der Waals surface area contributed by atoms with Gasteiger partial charge in [-0.15, -0.1) is 15.0 Å². The summed E-state index contributed by atoms with van der Waals surface area (Å²) >= 11 is 6.89. The molecule has 0 saturated heterocycles. The van der Waals surface area contributed by atoms with Crippen molar-refractivity contribution in [3.8, 4) is 5.82 Å². The first-order valence-electron chi connectivity index (χ1n) is 4.73. The smallest absolute Gasteiger partial charge is 0.192 e. The van der Waals surface area contributed by atoms with Gasteiger partial charge in [0.2, 0.25) is 0 Å². The highest BCUT2D eigenvalue weighted by atomic mass is 79.9. The van der Waals surface area contributed by atoms with Crippen LogP contribution >= 0.6 is 31.9 Å². The molecular formula is C10H5Br2N5. The van der Waals surface area contributed by atoms with Gasteiger partial charge in [0, 0.05) is 21.3 Å². The van der Waals surface area contributed by atoms with E-state index in [0.717, 1.165) is 20.0 Å². The normalized spacial score (nSPS) is 10.9. The van der Waals surface area contributed by atoms with Crippen LogP contribution in [0.5, 0.6) is 0 Å². The van der Waals surface area contributed by atoms with Crippen molar-refractivity contribution in [2.45, 2.75) is 0 Å². The number of hydrogen-bond donors (Lipinski definition) is 0. The lowest BCUT2D eigenvalue weighted by atomic mass is 10.3. The lowest BCUT2D eigenvalue weighted by Crippen LogP contribution is -2.01. The Kier molecular flexibility index (Phi) is 2.64. The zero-order valence-electron chi connectivity index (χ0n) is 8.38. The van der Waals surface area contributed by atoms with Crippen molar-refractivity contribution in [1.29, 1.82) is 0 Å². The van der Waals surface area contributed by atoms with E-state index in [1.165, 1.54) is 4.80 Å². The molecule has 0 bridgehead atoms. The zero-order valence-corrected chi connectivity index (χ0v) is 11.6. The first kappa shape index (κ1) is 10.8. The molecule has 3 rings (SSSR count). The zero-order chi connectivity index (χ0) is 11.8. The minimum Gasteiger partial charge on any atom is -0.259 e. The molecule has 1 aromatic carbocycles. The van der Waals surface area contributed by atoms with Crippen LogP contribution in [0.2, 0.25) is 0 Å². The Labute approximate surface area is 113 Å². The number of halogens is 2. The van der Waals surface area contributed by atoms with Gasteiger partial charge in [0.05, 0.1) is 6.20 Å². The largest absolute Gasteiger partial charge is 0.259 e. The molecule has 0 radical (unpaired) electrons. The van der Waals surface area contributed by atoms with E-state index in [1.54, 1.807) is 18.6 Å². The quantitative estimate of drug-likeness (QED) is 0.674.